The van der Waals surface area contributed by atoms with Gasteiger partial charge in [0.2, 0.25) is 0 Å². The van der Waals surface area contributed by atoms with Crippen LogP contribution in [-0.2, 0) is 0 Å². The summed E-state index contributed by atoms with van der Waals surface area (Å²) in [7, 11) is 0. The van der Waals surface area contributed by atoms with Crippen molar-refractivity contribution in [2.75, 3.05) is 0 Å². The van der Waals surface area contributed by atoms with Crippen LogP contribution in [0.2, 0.25) is 0 Å². The van der Waals surface area contributed by atoms with Crippen LogP contribution < -0.4 is 0 Å². The van der Waals surface area contributed by atoms with Crippen LogP contribution >= 0.6 is 0 Å². The first-order valence-electron chi connectivity index (χ1n) is 4.24. The van der Waals surface area contributed by atoms with E-state index in [-0.39, 0.29) is 0 Å². The van der Waals surface area contributed by atoms with E-state index in [0.717, 1.165) is 25.7 Å². The summed E-state index contributed by atoms with van der Waals surface area (Å²) in [6.45, 7) is 5.79. The molecule has 0 aliphatic carbocycles. The summed E-state index contributed by atoms with van der Waals surface area (Å²) in [5, 5.41) is 9.67. The second-order valence-corrected chi connectivity index (χ2v) is 3.17. The van der Waals surface area contributed by atoms with E-state index in [1.807, 2.05) is 13.8 Å². The van der Waals surface area contributed by atoms with Gasteiger partial charge in [0, 0.05) is 6.42 Å². The minimum absolute atomic E-state index is 0.501. The van der Waals surface area contributed by atoms with Crippen LogP contribution in [0.3, 0.4) is 0 Å². The molecule has 0 aromatic heterocycles. The topological polar surface area (TPSA) is 20.2 Å². The molecule has 0 aromatic rings. The highest BCUT2D eigenvalue weighted by atomic mass is 16.3. The Morgan fingerprint density at radius 3 is 2.45 bits per heavy atom. The number of aliphatic hydroxyl groups is 1. The lowest BCUT2D eigenvalue weighted by atomic mass is 9.95. The molecule has 0 radical (unpaired) electrons. The molecule has 1 N–H and O–H groups in total. The second kappa shape index (κ2) is 5.21. The fourth-order valence-corrected chi connectivity index (χ4v) is 1.12. The maximum atomic E-state index is 9.67. The Hall–Kier alpha value is -0.480. The Morgan fingerprint density at radius 1 is 1.36 bits per heavy atom. The number of rotatable bonds is 4. The normalized spacial score (nSPS) is 14.9. The van der Waals surface area contributed by atoms with Crippen molar-refractivity contribution >= 4 is 0 Å². The molecule has 0 saturated carbocycles. The van der Waals surface area contributed by atoms with Crippen LogP contribution in [0.25, 0.3) is 0 Å². The van der Waals surface area contributed by atoms with E-state index in [0.29, 0.717) is 0 Å². The molecule has 0 aliphatic heterocycles. The van der Waals surface area contributed by atoms with Crippen molar-refractivity contribution in [3.63, 3.8) is 0 Å². The predicted molar refractivity (Wildman–Crippen MR) is 48.2 cm³/mol. The Morgan fingerprint density at radius 2 is 2.00 bits per heavy atom. The van der Waals surface area contributed by atoms with Gasteiger partial charge in [0.05, 0.1) is 5.60 Å². The molecule has 0 aromatic carbocycles. The van der Waals surface area contributed by atoms with Crippen molar-refractivity contribution in [3.8, 4) is 11.8 Å². The van der Waals surface area contributed by atoms with Gasteiger partial charge in [0.1, 0.15) is 0 Å². The molecule has 0 aliphatic rings. The summed E-state index contributed by atoms with van der Waals surface area (Å²) in [5.41, 5.74) is -0.501. The predicted octanol–water partition coefficient (Wildman–Crippen LogP) is 2.34. The Bertz CT molecular complexity index is 148. The van der Waals surface area contributed by atoms with Gasteiger partial charge in [-0.25, -0.2) is 0 Å². The smallest absolute Gasteiger partial charge is 0.0628 e. The minimum Gasteiger partial charge on any atom is -0.390 e. The maximum absolute atomic E-state index is 9.67. The third-order valence-electron chi connectivity index (χ3n) is 1.75. The zero-order valence-corrected chi connectivity index (χ0v) is 7.78. The summed E-state index contributed by atoms with van der Waals surface area (Å²) in [4.78, 5) is 0. The van der Waals surface area contributed by atoms with Crippen molar-refractivity contribution in [1.82, 2.24) is 0 Å². The summed E-state index contributed by atoms with van der Waals surface area (Å²) >= 11 is 0. The molecule has 0 bridgehead atoms. The fourth-order valence-electron chi connectivity index (χ4n) is 1.12. The molecule has 1 nitrogen and oxygen atoms in total. The van der Waals surface area contributed by atoms with E-state index in [1.165, 1.54) is 0 Å². The molecule has 0 fully saturated rings. The van der Waals surface area contributed by atoms with E-state index in [2.05, 4.69) is 18.8 Å². The van der Waals surface area contributed by atoms with Gasteiger partial charge < -0.3 is 5.11 Å². The zero-order chi connectivity index (χ0) is 8.74. The Balaban J connectivity index is 3.59. The van der Waals surface area contributed by atoms with Crippen molar-refractivity contribution in [3.05, 3.63) is 0 Å². The van der Waals surface area contributed by atoms with Gasteiger partial charge in [-0.3, -0.25) is 0 Å². The Labute approximate surface area is 69.8 Å². The molecular formula is C10H18O. The van der Waals surface area contributed by atoms with Crippen LogP contribution in [0, 0.1) is 11.8 Å². The fraction of sp³-hybridized carbons (Fsp3) is 0.800. The molecule has 0 spiro atoms. The van der Waals surface area contributed by atoms with E-state index in [1.54, 1.807) is 0 Å². The third kappa shape index (κ3) is 5.94. The van der Waals surface area contributed by atoms with Crippen LogP contribution in [0.4, 0.5) is 0 Å². The summed E-state index contributed by atoms with van der Waals surface area (Å²) < 4.78 is 0. The van der Waals surface area contributed by atoms with E-state index < -0.39 is 5.60 Å². The number of hydrogen-bond acceptors (Lipinski definition) is 1. The zero-order valence-electron chi connectivity index (χ0n) is 7.78. The van der Waals surface area contributed by atoms with Crippen molar-refractivity contribution in [2.45, 2.75) is 52.1 Å². The van der Waals surface area contributed by atoms with Gasteiger partial charge in [-0.15, -0.1) is 11.8 Å². The van der Waals surface area contributed by atoms with Gasteiger partial charge >= 0.3 is 0 Å². The first-order valence-corrected chi connectivity index (χ1v) is 4.24. The minimum atomic E-state index is -0.501. The standard InChI is InChI=1S/C10H18O/c1-4-6-7-9-10(3,11)8-5-2/h11H,5,7-9H2,1-3H3. The maximum Gasteiger partial charge on any atom is 0.0628 e. The van der Waals surface area contributed by atoms with Crippen LogP contribution in [0.5, 0.6) is 0 Å². The summed E-state index contributed by atoms with van der Waals surface area (Å²) in [6.07, 6.45) is 3.51. The lowest BCUT2D eigenvalue weighted by molar-refractivity contribution is 0.0428. The van der Waals surface area contributed by atoms with Crippen molar-refractivity contribution in [2.24, 2.45) is 0 Å². The van der Waals surface area contributed by atoms with E-state index >= 15 is 0 Å². The molecule has 0 amide bonds. The van der Waals surface area contributed by atoms with Crippen LogP contribution in [-0.4, -0.2) is 10.7 Å². The average molecular weight is 154 g/mol. The molecule has 1 heteroatoms. The van der Waals surface area contributed by atoms with E-state index in [4.69, 9.17) is 0 Å². The summed E-state index contributed by atoms with van der Waals surface area (Å²) in [5.74, 6) is 5.77. The van der Waals surface area contributed by atoms with E-state index in [9.17, 15) is 5.11 Å². The second-order valence-electron chi connectivity index (χ2n) is 3.17. The third-order valence-corrected chi connectivity index (χ3v) is 1.75. The largest absolute Gasteiger partial charge is 0.390 e. The first kappa shape index (κ1) is 10.5. The van der Waals surface area contributed by atoms with Gasteiger partial charge in [0.25, 0.3) is 0 Å². The molecular weight excluding hydrogens is 136 g/mol. The molecule has 11 heavy (non-hydrogen) atoms. The highest BCUT2D eigenvalue weighted by Gasteiger charge is 2.17. The monoisotopic (exact) mass is 154 g/mol. The Kier molecular flexibility index (Phi) is 4.98. The van der Waals surface area contributed by atoms with Crippen molar-refractivity contribution in [1.29, 1.82) is 0 Å². The average Bonchev–Trinajstić information content (AvgIpc) is 1.87. The van der Waals surface area contributed by atoms with Crippen molar-refractivity contribution < 1.29 is 5.11 Å². The SMILES string of the molecule is CC#CCCC(C)(O)CCC. The lowest BCUT2D eigenvalue weighted by Gasteiger charge is -2.20. The lowest BCUT2D eigenvalue weighted by Crippen LogP contribution is -2.22. The molecule has 0 saturated heterocycles. The van der Waals surface area contributed by atoms with Gasteiger partial charge in [-0.2, -0.15) is 0 Å². The highest BCUT2D eigenvalue weighted by Crippen LogP contribution is 2.17. The van der Waals surface area contributed by atoms with Gasteiger partial charge in [-0.1, -0.05) is 13.3 Å². The molecule has 64 valence electrons. The van der Waals surface area contributed by atoms with Gasteiger partial charge in [-0.05, 0) is 26.7 Å². The molecule has 1 unspecified atom stereocenters. The quantitative estimate of drug-likeness (QED) is 0.616. The first-order chi connectivity index (χ1) is 5.12. The van der Waals surface area contributed by atoms with Crippen LogP contribution in [0.1, 0.15) is 46.5 Å². The van der Waals surface area contributed by atoms with Gasteiger partial charge in [0.15, 0.2) is 0 Å². The molecule has 1 atom stereocenters. The highest BCUT2D eigenvalue weighted by molar-refractivity contribution is 4.96. The molecule has 0 heterocycles. The van der Waals surface area contributed by atoms with Crippen LogP contribution in [0.15, 0.2) is 0 Å². The summed E-state index contributed by atoms with van der Waals surface area (Å²) in [6, 6.07) is 0. The number of hydrogen-bond donors (Lipinski definition) is 1. The molecule has 0 rings (SSSR count).